The Kier molecular flexibility index (Phi) is 62.6. The van der Waals surface area contributed by atoms with E-state index in [9.17, 15) is 25.2 Å². The Bertz CT molecular complexity index is 1140. The maximum absolute atomic E-state index is 12.7. The summed E-state index contributed by atoms with van der Waals surface area (Å²) in [7, 11) is 0. The first-order valence-corrected chi connectivity index (χ1v) is 34.2. The summed E-state index contributed by atoms with van der Waals surface area (Å²) in [6.45, 7) is 4.10. The molecule has 4 atom stereocenters. The van der Waals surface area contributed by atoms with Crippen LogP contribution in [0.25, 0.3) is 0 Å². The van der Waals surface area contributed by atoms with Gasteiger partial charge in [0.1, 0.15) is 12.2 Å². The topological polar surface area (TPSA) is 110 Å². The zero-order valence-corrected chi connectivity index (χ0v) is 50.8. The SMILES string of the molecule is CCCCCCCCCCCCCC/C=C\CCCCCCCCCCCCCCCC(O)C(=O)NC(CO)C(O)C(O)CCC/C=C/CCCCCCCCCCCCCCCCCCCCCCCCCCC. The molecule has 0 aliphatic rings. The number of aliphatic hydroxyl groups excluding tert-OH is 4. The van der Waals surface area contributed by atoms with Gasteiger partial charge in [0.2, 0.25) is 5.91 Å². The Morgan fingerprint density at radius 1 is 0.320 bits per heavy atom. The first kappa shape index (κ1) is 73.8. The van der Waals surface area contributed by atoms with Gasteiger partial charge in [0, 0.05) is 0 Å². The lowest BCUT2D eigenvalue weighted by atomic mass is 10.00. The lowest BCUT2D eigenvalue weighted by Crippen LogP contribution is -2.53. The molecule has 0 heterocycles. The van der Waals surface area contributed by atoms with Crippen LogP contribution in [0, 0.1) is 0 Å². The summed E-state index contributed by atoms with van der Waals surface area (Å²) < 4.78 is 0. The van der Waals surface area contributed by atoms with Gasteiger partial charge in [0.15, 0.2) is 0 Å². The molecule has 75 heavy (non-hydrogen) atoms. The minimum atomic E-state index is -1.28. The fourth-order valence-corrected chi connectivity index (χ4v) is 11.1. The van der Waals surface area contributed by atoms with Crippen LogP contribution < -0.4 is 5.32 Å². The smallest absolute Gasteiger partial charge is 0.249 e. The molecule has 6 nitrogen and oxygen atoms in total. The third kappa shape index (κ3) is 57.3. The molecule has 0 rings (SSSR count). The second-order valence-electron chi connectivity index (χ2n) is 23.9. The van der Waals surface area contributed by atoms with E-state index in [0.717, 1.165) is 38.5 Å². The lowest BCUT2D eigenvalue weighted by Gasteiger charge is -2.27. The van der Waals surface area contributed by atoms with Crippen LogP contribution in [-0.4, -0.2) is 57.3 Å². The minimum Gasteiger partial charge on any atom is -0.394 e. The molecule has 6 heteroatoms. The van der Waals surface area contributed by atoms with Gasteiger partial charge in [0.05, 0.1) is 18.8 Å². The second-order valence-corrected chi connectivity index (χ2v) is 23.9. The summed E-state index contributed by atoms with van der Waals surface area (Å²) in [5.74, 6) is -0.587. The molecule has 0 spiro atoms. The molecular formula is C69H135NO5. The molecule has 0 bridgehead atoms. The van der Waals surface area contributed by atoms with Gasteiger partial charge in [0.25, 0.3) is 0 Å². The Labute approximate surface area is 469 Å². The molecule has 0 radical (unpaired) electrons. The fourth-order valence-electron chi connectivity index (χ4n) is 11.1. The highest BCUT2D eigenvalue weighted by atomic mass is 16.3. The second kappa shape index (κ2) is 63.6. The number of nitrogens with one attached hydrogen (secondary N) is 1. The first-order valence-electron chi connectivity index (χ1n) is 34.2. The number of rotatable bonds is 64. The zero-order valence-electron chi connectivity index (χ0n) is 50.8. The van der Waals surface area contributed by atoms with Gasteiger partial charge in [-0.1, -0.05) is 340 Å². The quantitative estimate of drug-likeness (QED) is 0.0308. The number of carbonyl (C=O) groups excluding carboxylic acids is 1. The molecule has 0 aromatic heterocycles. The third-order valence-electron chi connectivity index (χ3n) is 16.4. The number of aliphatic hydroxyl groups is 4. The summed E-state index contributed by atoms with van der Waals surface area (Å²) >= 11 is 0. The number of amides is 1. The van der Waals surface area contributed by atoms with Crippen molar-refractivity contribution < 1.29 is 25.2 Å². The Morgan fingerprint density at radius 2 is 0.547 bits per heavy atom. The van der Waals surface area contributed by atoms with Crippen LogP contribution in [-0.2, 0) is 4.79 Å². The average Bonchev–Trinajstić information content (AvgIpc) is 3.42. The molecule has 0 aromatic carbocycles. The van der Waals surface area contributed by atoms with Crippen molar-refractivity contribution in [3.05, 3.63) is 24.3 Å². The van der Waals surface area contributed by atoms with Gasteiger partial charge in [-0.25, -0.2) is 0 Å². The zero-order chi connectivity index (χ0) is 54.4. The van der Waals surface area contributed by atoms with E-state index in [4.69, 9.17) is 0 Å². The molecule has 0 aromatic rings. The predicted octanol–water partition coefficient (Wildman–Crippen LogP) is 20.9. The van der Waals surface area contributed by atoms with Crippen LogP contribution in [0.1, 0.15) is 380 Å². The van der Waals surface area contributed by atoms with Crippen LogP contribution in [0.15, 0.2) is 24.3 Å². The highest BCUT2D eigenvalue weighted by Gasteiger charge is 2.28. The number of unbranched alkanes of at least 4 members (excludes halogenated alkanes) is 51. The van der Waals surface area contributed by atoms with Crippen molar-refractivity contribution in [2.24, 2.45) is 0 Å². The minimum absolute atomic E-state index is 0.365. The van der Waals surface area contributed by atoms with Gasteiger partial charge >= 0.3 is 0 Å². The maximum Gasteiger partial charge on any atom is 0.249 e. The first-order chi connectivity index (χ1) is 37.0. The highest BCUT2D eigenvalue weighted by molar-refractivity contribution is 5.80. The van der Waals surface area contributed by atoms with Gasteiger partial charge in [-0.15, -0.1) is 0 Å². The summed E-state index contributed by atoms with van der Waals surface area (Å²) in [5.41, 5.74) is 0. The van der Waals surface area contributed by atoms with Crippen molar-refractivity contribution in [2.45, 2.75) is 404 Å². The van der Waals surface area contributed by atoms with Crippen molar-refractivity contribution >= 4 is 5.91 Å². The van der Waals surface area contributed by atoms with E-state index in [2.05, 4.69) is 43.5 Å². The van der Waals surface area contributed by atoms with Crippen molar-refractivity contribution in [1.29, 1.82) is 0 Å². The maximum atomic E-state index is 12.7. The van der Waals surface area contributed by atoms with Crippen LogP contribution in [0.2, 0.25) is 0 Å². The van der Waals surface area contributed by atoms with Crippen molar-refractivity contribution in [1.82, 2.24) is 5.32 Å². The van der Waals surface area contributed by atoms with E-state index in [1.54, 1.807) is 0 Å². The lowest BCUT2D eigenvalue weighted by molar-refractivity contribution is -0.132. The molecule has 0 saturated heterocycles. The summed E-state index contributed by atoms with van der Waals surface area (Å²) in [5, 5.41) is 44.2. The van der Waals surface area contributed by atoms with Gasteiger partial charge < -0.3 is 25.7 Å². The van der Waals surface area contributed by atoms with E-state index in [0.29, 0.717) is 12.8 Å². The van der Waals surface area contributed by atoms with Crippen molar-refractivity contribution in [2.75, 3.05) is 6.61 Å². The number of allylic oxidation sites excluding steroid dienone is 4. The summed E-state index contributed by atoms with van der Waals surface area (Å²) in [4.78, 5) is 12.7. The molecule has 0 aliphatic carbocycles. The largest absolute Gasteiger partial charge is 0.394 e. The molecule has 446 valence electrons. The predicted molar refractivity (Wildman–Crippen MR) is 330 cm³/mol. The standard InChI is InChI=1S/C69H135NO5/c1-3-5-7-9-11-13-15-17-19-21-23-25-27-29-31-33-35-36-38-40-42-44-46-48-50-52-54-56-58-60-62-66(72)68(74)65(64-71)70-69(75)67(73)63-61-59-57-55-53-51-49-47-45-43-41-39-37-34-32-30-28-26-24-22-20-18-16-14-12-10-8-6-4-2/h30,32,54,56,65-68,71-74H,3-29,31,33-53,55,57-64H2,1-2H3,(H,70,75)/b32-30-,56-54+. The van der Waals surface area contributed by atoms with Crippen LogP contribution in [0.3, 0.4) is 0 Å². The normalized spacial score (nSPS) is 13.6. The Morgan fingerprint density at radius 3 is 0.800 bits per heavy atom. The van der Waals surface area contributed by atoms with E-state index in [1.165, 1.54) is 315 Å². The molecule has 5 N–H and O–H groups in total. The van der Waals surface area contributed by atoms with Crippen LogP contribution >= 0.6 is 0 Å². The highest BCUT2D eigenvalue weighted by Crippen LogP contribution is 2.19. The fraction of sp³-hybridized carbons (Fsp3) is 0.928. The average molecular weight is 1060 g/mol. The van der Waals surface area contributed by atoms with Crippen LogP contribution in [0.4, 0.5) is 0 Å². The van der Waals surface area contributed by atoms with Crippen LogP contribution in [0.5, 0.6) is 0 Å². The van der Waals surface area contributed by atoms with Crippen molar-refractivity contribution in [3.8, 4) is 0 Å². The van der Waals surface area contributed by atoms with Gasteiger partial charge in [-0.3, -0.25) is 4.79 Å². The molecule has 0 saturated carbocycles. The molecular weight excluding hydrogens is 923 g/mol. The van der Waals surface area contributed by atoms with Gasteiger partial charge in [-0.2, -0.15) is 0 Å². The number of hydrogen-bond acceptors (Lipinski definition) is 5. The third-order valence-corrected chi connectivity index (χ3v) is 16.4. The summed E-state index contributed by atoms with van der Waals surface area (Å²) in [6, 6.07) is -1.00. The van der Waals surface area contributed by atoms with E-state index < -0.39 is 36.9 Å². The van der Waals surface area contributed by atoms with E-state index in [-0.39, 0.29) is 0 Å². The van der Waals surface area contributed by atoms with Crippen molar-refractivity contribution in [3.63, 3.8) is 0 Å². The molecule has 1 amide bonds. The Balaban J connectivity index is 3.57. The van der Waals surface area contributed by atoms with Gasteiger partial charge in [-0.05, 0) is 64.2 Å². The summed E-state index contributed by atoms with van der Waals surface area (Å²) in [6.07, 6.45) is 80.2. The molecule has 4 unspecified atom stereocenters. The Hall–Kier alpha value is -1.21. The molecule has 0 aliphatic heterocycles. The monoisotopic (exact) mass is 1060 g/mol. The molecule has 0 fully saturated rings. The van der Waals surface area contributed by atoms with E-state index in [1.807, 2.05) is 0 Å². The number of hydrogen-bond donors (Lipinski definition) is 5. The van der Waals surface area contributed by atoms with E-state index >= 15 is 0 Å². The number of carbonyl (C=O) groups is 1.